The zero-order chi connectivity index (χ0) is 19.1. The molecule has 9 heteroatoms. The predicted molar refractivity (Wildman–Crippen MR) is 98.4 cm³/mol. The maximum Gasteiger partial charge on any atom is 0.416 e. The summed E-state index contributed by atoms with van der Waals surface area (Å²) in [5.41, 5.74) is 5.90. The van der Waals surface area contributed by atoms with Gasteiger partial charge in [0.2, 0.25) is 0 Å². The highest BCUT2D eigenvalue weighted by atomic mass is 35.5. The fourth-order valence-corrected chi connectivity index (χ4v) is 2.71. The van der Waals surface area contributed by atoms with Crippen molar-refractivity contribution in [2.24, 2.45) is 5.73 Å². The minimum absolute atomic E-state index is 0. The Kier molecular flexibility index (Phi) is 5.91. The molecule has 0 bridgehead atoms. The van der Waals surface area contributed by atoms with E-state index in [4.69, 9.17) is 5.73 Å². The number of alkyl halides is 3. The molecule has 3 N–H and O–H groups in total. The first-order chi connectivity index (χ1) is 12.1. The molecule has 0 saturated heterocycles. The lowest BCUT2D eigenvalue weighted by Crippen LogP contribution is -2.45. The lowest BCUT2D eigenvalue weighted by Gasteiger charge is -2.19. The molecule has 1 saturated carbocycles. The van der Waals surface area contributed by atoms with Gasteiger partial charge >= 0.3 is 6.18 Å². The van der Waals surface area contributed by atoms with Crippen LogP contribution in [0, 0.1) is 0 Å². The minimum Gasteiger partial charge on any atom is -0.350 e. The van der Waals surface area contributed by atoms with E-state index in [0.29, 0.717) is 16.9 Å². The normalized spacial score (nSPS) is 14.6. The number of rotatable bonds is 5. The fraction of sp³-hybridized carbons (Fsp3) is 0.444. The van der Waals surface area contributed by atoms with Crippen molar-refractivity contribution in [2.75, 3.05) is 6.54 Å². The topological polar surface area (TPSA) is 72.9 Å². The molecule has 1 aromatic heterocycles. The van der Waals surface area contributed by atoms with Crippen LogP contribution < -0.4 is 11.1 Å². The van der Waals surface area contributed by atoms with Gasteiger partial charge in [-0.25, -0.2) is 4.68 Å². The molecule has 1 aromatic carbocycles. The maximum atomic E-state index is 13.0. The molecule has 27 heavy (non-hydrogen) atoms. The first kappa shape index (κ1) is 21.2. The Morgan fingerprint density at radius 3 is 2.56 bits per heavy atom. The van der Waals surface area contributed by atoms with E-state index in [1.807, 2.05) is 0 Å². The molecule has 2 aromatic rings. The number of hydrogen-bond donors (Lipinski definition) is 2. The van der Waals surface area contributed by atoms with Crippen LogP contribution in [0.1, 0.15) is 54.2 Å². The Hall–Kier alpha value is -2.06. The van der Waals surface area contributed by atoms with Gasteiger partial charge in [0.15, 0.2) is 0 Å². The highest BCUT2D eigenvalue weighted by Crippen LogP contribution is 2.42. The Balaban J connectivity index is 0.00000261. The maximum absolute atomic E-state index is 13.0. The summed E-state index contributed by atoms with van der Waals surface area (Å²) in [6.07, 6.45) is -1.26. The van der Waals surface area contributed by atoms with Crippen molar-refractivity contribution in [2.45, 2.75) is 44.3 Å². The Labute approximate surface area is 161 Å². The average Bonchev–Trinajstić information content (AvgIpc) is 3.29. The molecule has 0 radical (unpaired) electrons. The van der Waals surface area contributed by atoms with Crippen molar-refractivity contribution < 1.29 is 18.0 Å². The number of halogens is 4. The largest absolute Gasteiger partial charge is 0.416 e. The summed E-state index contributed by atoms with van der Waals surface area (Å²) in [5, 5.41) is 6.96. The SMILES string of the molecule is CC(C)(N)CNC(=O)c1cnn(-c2cccc(C(F)(F)F)c2)c1C1CC1.Cl. The van der Waals surface area contributed by atoms with Crippen molar-refractivity contribution in [1.82, 2.24) is 15.1 Å². The van der Waals surface area contributed by atoms with E-state index in [9.17, 15) is 18.0 Å². The van der Waals surface area contributed by atoms with Crippen molar-refractivity contribution in [3.05, 3.63) is 47.3 Å². The summed E-state index contributed by atoms with van der Waals surface area (Å²) in [4.78, 5) is 12.5. The smallest absolute Gasteiger partial charge is 0.350 e. The molecule has 0 spiro atoms. The van der Waals surface area contributed by atoms with Crippen molar-refractivity contribution >= 4 is 18.3 Å². The van der Waals surface area contributed by atoms with Gasteiger partial charge < -0.3 is 11.1 Å². The molecule has 1 amide bonds. The van der Waals surface area contributed by atoms with Crippen molar-refractivity contribution in [1.29, 1.82) is 0 Å². The van der Waals surface area contributed by atoms with Crippen molar-refractivity contribution in [3.8, 4) is 5.69 Å². The summed E-state index contributed by atoms with van der Waals surface area (Å²) < 4.78 is 40.4. The van der Waals surface area contributed by atoms with Gasteiger partial charge in [-0.1, -0.05) is 6.07 Å². The van der Waals surface area contributed by atoms with E-state index in [1.54, 1.807) is 19.9 Å². The monoisotopic (exact) mass is 402 g/mol. The van der Waals surface area contributed by atoms with Crippen LogP contribution in [0.5, 0.6) is 0 Å². The van der Waals surface area contributed by atoms with E-state index < -0.39 is 17.3 Å². The average molecular weight is 403 g/mol. The number of nitrogens with two attached hydrogens (primary N) is 1. The molecule has 1 aliphatic carbocycles. The number of amides is 1. The molecule has 5 nitrogen and oxygen atoms in total. The third-order valence-electron chi connectivity index (χ3n) is 4.14. The van der Waals surface area contributed by atoms with Crippen LogP contribution in [-0.4, -0.2) is 27.8 Å². The minimum atomic E-state index is -4.43. The van der Waals surface area contributed by atoms with E-state index in [1.165, 1.54) is 16.9 Å². The van der Waals surface area contributed by atoms with Gasteiger partial charge in [0.05, 0.1) is 28.7 Å². The van der Waals surface area contributed by atoms with Gasteiger partial charge in [0.25, 0.3) is 5.91 Å². The van der Waals surface area contributed by atoms with Crippen LogP contribution in [0.25, 0.3) is 5.69 Å². The number of nitrogens with zero attached hydrogens (tertiary/aromatic N) is 2. The first-order valence-electron chi connectivity index (χ1n) is 8.39. The van der Waals surface area contributed by atoms with Gasteiger partial charge in [-0.15, -0.1) is 12.4 Å². The molecule has 0 aliphatic heterocycles. The highest BCUT2D eigenvalue weighted by molar-refractivity contribution is 5.95. The second-order valence-corrected chi connectivity index (χ2v) is 7.35. The molecule has 1 heterocycles. The molecule has 3 rings (SSSR count). The van der Waals surface area contributed by atoms with Gasteiger partial charge in [0, 0.05) is 18.0 Å². The molecule has 0 unspecified atom stereocenters. The summed E-state index contributed by atoms with van der Waals surface area (Å²) >= 11 is 0. The third kappa shape index (κ3) is 5.01. The van der Waals surface area contributed by atoms with Gasteiger partial charge in [0.1, 0.15) is 0 Å². The Bertz CT molecular complexity index is 823. The Morgan fingerprint density at radius 1 is 1.33 bits per heavy atom. The number of aromatic nitrogens is 2. The van der Waals surface area contributed by atoms with Crippen LogP contribution in [-0.2, 0) is 6.18 Å². The second-order valence-electron chi connectivity index (χ2n) is 7.35. The van der Waals surface area contributed by atoms with Crippen LogP contribution in [0.4, 0.5) is 13.2 Å². The van der Waals surface area contributed by atoms with Crippen LogP contribution in [0.3, 0.4) is 0 Å². The number of benzene rings is 1. The predicted octanol–water partition coefficient (Wildman–Crippen LogP) is 3.66. The molecule has 1 aliphatic rings. The van der Waals surface area contributed by atoms with Crippen LogP contribution in [0.2, 0.25) is 0 Å². The molecule has 1 fully saturated rings. The van der Waals surface area contributed by atoms with Gasteiger partial charge in [-0.05, 0) is 44.9 Å². The Morgan fingerprint density at radius 2 is 2.00 bits per heavy atom. The van der Waals surface area contributed by atoms with E-state index in [-0.39, 0.29) is 30.8 Å². The lowest BCUT2D eigenvalue weighted by atomic mass is 10.1. The quantitative estimate of drug-likeness (QED) is 0.801. The zero-order valence-corrected chi connectivity index (χ0v) is 15.8. The third-order valence-corrected chi connectivity index (χ3v) is 4.14. The number of hydrogen-bond acceptors (Lipinski definition) is 3. The number of nitrogens with one attached hydrogen (secondary N) is 1. The summed E-state index contributed by atoms with van der Waals surface area (Å²) in [6, 6.07) is 4.95. The first-order valence-corrected chi connectivity index (χ1v) is 8.39. The molecule has 0 atom stereocenters. The molecular formula is C18H22ClF3N4O. The zero-order valence-electron chi connectivity index (χ0n) is 15.0. The number of carbonyl (C=O) groups excluding carboxylic acids is 1. The summed E-state index contributed by atoms with van der Waals surface area (Å²) in [7, 11) is 0. The van der Waals surface area contributed by atoms with Gasteiger partial charge in [-0.2, -0.15) is 18.3 Å². The van der Waals surface area contributed by atoms with Crippen LogP contribution >= 0.6 is 12.4 Å². The van der Waals surface area contributed by atoms with Crippen molar-refractivity contribution in [3.63, 3.8) is 0 Å². The summed E-state index contributed by atoms with van der Waals surface area (Å²) in [6.45, 7) is 3.87. The highest BCUT2D eigenvalue weighted by Gasteiger charge is 2.34. The lowest BCUT2D eigenvalue weighted by molar-refractivity contribution is -0.137. The number of carbonyl (C=O) groups is 1. The van der Waals surface area contributed by atoms with E-state index >= 15 is 0 Å². The van der Waals surface area contributed by atoms with E-state index in [0.717, 1.165) is 25.0 Å². The molecular weight excluding hydrogens is 381 g/mol. The summed E-state index contributed by atoms with van der Waals surface area (Å²) in [5.74, 6) is -0.192. The fourth-order valence-electron chi connectivity index (χ4n) is 2.71. The van der Waals surface area contributed by atoms with E-state index in [2.05, 4.69) is 10.4 Å². The van der Waals surface area contributed by atoms with Gasteiger partial charge in [-0.3, -0.25) is 4.79 Å². The van der Waals surface area contributed by atoms with Crippen LogP contribution in [0.15, 0.2) is 30.5 Å². The second kappa shape index (κ2) is 7.52. The standard InChI is InChI=1S/C18H21F3N4O.ClH/c1-17(2,22)10-23-16(26)14-9-24-25(15(14)11-6-7-11)13-5-3-4-12(8-13)18(19,20)21;/h3-5,8-9,11H,6-7,10,22H2,1-2H3,(H,23,26);1H. The molecule has 148 valence electrons.